The number of carbonyl (C=O) groups is 2. The first kappa shape index (κ1) is 17.3. The van der Waals surface area contributed by atoms with Crippen LogP contribution in [0.1, 0.15) is 5.56 Å². The Morgan fingerprint density at radius 3 is 2.73 bits per heavy atom. The number of amides is 2. The van der Waals surface area contributed by atoms with Crippen molar-refractivity contribution in [3.8, 4) is 0 Å². The number of nitrogens with zero attached hydrogens (tertiary/aromatic N) is 1. The Kier molecular flexibility index (Phi) is 6.72. The van der Waals surface area contributed by atoms with Gasteiger partial charge in [0.1, 0.15) is 0 Å². The molecule has 0 aliphatic carbocycles. The van der Waals surface area contributed by atoms with Crippen LogP contribution in [0.3, 0.4) is 0 Å². The van der Waals surface area contributed by atoms with Gasteiger partial charge in [0.2, 0.25) is 11.8 Å². The maximum Gasteiger partial charge on any atom is 0.234 e. The van der Waals surface area contributed by atoms with Crippen LogP contribution in [0.2, 0.25) is 0 Å². The number of morpholine rings is 1. The van der Waals surface area contributed by atoms with E-state index >= 15 is 0 Å². The molecule has 0 aromatic heterocycles. The summed E-state index contributed by atoms with van der Waals surface area (Å²) in [6.45, 7) is 4.42. The van der Waals surface area contributed by atoms with Gasteiger partial charge in [-0.3, -0.25) is 9.59 Å². The van der Waals surface area contributed by atoms with E-state index in [1.165, 1.54) is 11.8 Å². The molecule has 0 unspecified atom stereocenters. The van der Waals surface area contributed by atoms with Crippen molar-refractivity contribution in [2.75, 3.05) is 43.1 Å². The van der Waals surface area contributed by atoms with Crippen LogP contribution in [0.15, 0.2) is 22.7 Å². The van der Waals surface area contributed by atoms with Crippen LogP contribution in [0.25, 0.3) is 0 Å². The zero-order valence-corrected chi connectivity index (χ0v) is 14.8. The summed E-state index contributed by atoms with van der Waals surface area (Å²) >= 11 is 4.73. The Morgan fingerprint density at radius 2 is 2.05 bits per heavy atom. The normalized spacial score (nSPS) is 14.7. The van der Waals surface area contributed by atoms with E-state index in [1.807, 2.05) is 25.1 Å². The molecule has 1 N–H and O–H groups in total. The molecule has 120 valence electrons. The van der Waals surface area contributed by atoms with Crippen molar-refractivity contribution in [3.05, 3.63) is 28.2 Å². The average Bonchev–Trinajstić information content (AvgIpc) is 2.51. The van der Waals surface area contributed by atoms with Crippen molar-refractivity contribution in [1.82, 2.24) is 4.90 Å². The molecular weight excluding hydrogens is 368 g/mol. The van der Waals surface area contributed by atoms with Crippen LogP contribution >= 0.6 is 27.7 Å². The van der Waals surface area contributed by atoms with Gasteiger partial charge in [-0.1, -0.05) is 15.9 Å². The number of hydrogen-bond donors (Lipinski definition) is 1. The van der Waals surface area contributed by atoms with E-state index in [0.717, 1.165) is 15.7 Å². The molecule has 5 nitrogen and oxygen atoms in total. The molecule has 1 saturated heterocycles. The largest absolute Gasteiger partial charge is 0.378 e. The minimum absolute atomic E-state index is 0.0703. The van der Waals surface area contributed by atoms with Gasteiger partial charge >= 0.3 is 0 Å². The van der Waals surface area contributed by atoms with E-state index in [0.29, 0.717) is 32.1 Å². The number of halogens is 1. The average molecular weight is 387 g/mol. The quantitative estimate of drug-likeness (QED) is 0.843. The van der Waals surface area contributed by atoms with Crippen molar-refractivity contribution in [2.24, 2.45) is 0 Å². The predicted octanol–water partition coefficient (Wildman–Crippen LogP) is 2.29. The van der Waals surface area contributed by atoms with Gasteiger partial charge in [0.15, 0.2) is 0 Å². The number of carbonyl (C=O) groups excluding carboxylic acids is 2. The molecule has 0 saturated carbocycles. The maximum atomic E-state index is 11.9. The molecule has 1 heterocycles. The van der Waals surface area contributed by atoms with Gasteiger partial charge in [-0.15, -0.1) is 11.8 Å². The molecular formula is C15H19BrN2O3S. The number of aryl methyl sites for hydroxylation is 1. The fourth-order valence-corrected chi connectivity index (χ4v) is 3.28. The van der Waals surface area contributed by atoms with Crippen LogP contribution in [0, 0.1) is 6.92 Å². The summed E-state index contributed by atoms with van der Waals surface area (Å²) in [7, 11) is 0. The van der Waals surface area contributed by atoms with Gasteiger partial charge in [-0.2, -0.15) is 0 Å². The lowest BCUT2D eigenvalue weighted by atomic mass is 10.2. The van der Waals surface area contributed by atoms with E-state index in [2.05, 4.69) is 21.2 Å². The molecule has 1 aromatic carbocycles. The summed E-state index contributed by atoms with van der Waals surface area (Å²) in [6.07, 6.45) is 0. The molecule has 0 atom stereocenters. The van der Waals surface area contributed by atoms with Gasteiger partial charge in [0, 0.05) is 23.2 Å². The first-order valence-corrected chi connectivity index (χ1v) is 9.00. The van der Waals surface area contributed by atoms with Crippen molar-refractivity contribution in [1.29, 1.82) is 0 Å². The maximum absolute atomic E-state index is 11.9. The number of nitrogens with one attached hydrogen (secondary N) is 1. The van der Waals surface area contributed by atoms with Gasteiger partial charge in [0.05, 0.1) is 24.7 Å². The fraction of sp³-hybridized carbons (Fsp3) is 0.467. The Balaban J connectivity index is 1.72. The minimum atomic E-state index is -0.0924. The van der Waals surface area contributed by atoms with Crippen LogP contribution in [0.4, 0.5) is 5.69 Å². The van der Waals surface area contributed by atoms with E-state index in [-0.39, 0.29) is 17.6 Å². The highest BCUT2D eigenvalue weighted by Gasteiger charge is 2.17. The standard InChI is InChI=1S/C15H19BrN2O3S/c1-11-8-12(16)2-3-13(11)17-14(19)9-22-10-15(20)18-4-6-21-7-5-18/h2-3,8H,4-7,9-10H2,1H3,(H,17,19). The molecule has 2 amide bonds. The van der Waals surface area contributed by atoms with Gasteiger partial charge in [0.25, 0.3) is 0 Å². The monoisotopic (exact) mass is 386 g/mol. The second kappa shape index (κ2) is 8.55. The van der Waals surface area contributed by atoms with E-state index in [1.54, 1.807) is 4.90 Å². The van der Waals surface area contributed by atoms with Crippen molar-refractivity contribution >= 4 is 45.2 Å². The smallest absolute Gasteiger partial charge is 0.234 e. The fourth-order valence-electron chi connectivity index (χ4n) is 2.09. The van der Waals surface area contributed by atoms with Gasteiger partial charge in [-0.25, -0.2) is 0 Å². The third kappa shape index (κ3) is 5.30. The highest BCUT2D eigenvalue weighted by Crippen LogP contribution is 2.20. The summed E-state index contributed by atoms with van der Waals surface area (Å²) in [4.78, 5) is 25.6. The number of rotatable bonds is 5. The third-order valence-electron chi connectivity index (χ3n) is 3.29. The zero-order valence-electron chi connectivity index (χ0n) is 12.4. The van der Waals surface area contributed by atoms with Crippen LogP contribution in [0.5, 0.6) is 0 Å². The molecule has 1 aliphatic rings. The zero-order chi connectivity index (χ0) is 15.9. The molecule has 22 heavy (non-hydrogen) atoms. The van der Waals surface area contributed by atoms with E-state index in [9.17, 15) is 9.59 Å². The molecule has 2 rings (SSSR count). The van der Waals surface area contributed by atoms with Crippen molar-refractivity contribution in [3.63, 3.8) is 0 Å². The lowest BCUT2D eigenvalue weighted by Gasteiger charge is -2.26. The number of thioether (sulfide) groups is 1. The number of ether oxygens (including phenoxy) is 1. The molecule has 0 bridgehead atoms. The lowest BCUT2D eigenvalue weighted by Crippen LogP contribution is -2.41. The van der Waals surface area contributed by atoms with Crippen LogP contribution < -0.4 is 5.32 Å². The highest BCUT2D eigenvalue weighted by molar-refractivity contribution is 9.10. The SMILES string of the molecule is Cc1cc(Br)ccc1NC(=O)CSCC(=O)N1CCOCC1. The van der Waals surface area contributed by atoms with Crippen molar-refractivity contribution < 1.29 is 14.3 Å². The minimum Gasteiger partial charge on any atom is -0.378 e. The molecule has 0 spiro atoms. The second-order valence-corrected chi connectivity index (χ2v) is 6.89. The lowest BCUT2D eigenvalue weighted by molar-refractivity contribution is -0.132. The number of hydrogen-bond acceptors (Lipinski definition) is 4. The molecule has 0 radical (unpaired) electrons. The Hall–Kier alpha value is -1.05. The Labute approximate surface area is 142 Å². The molecule has 1 aliphatic heterocycles. The second-order valence-electron chi connectivity index (χ2n) is 4.99. The van der Waals surface area contributed by atoms with Gasteiger partial charge < -0.3 is 15.0 Å². The Bertz CT molecular complexity index is 548. The topological polar surface area (TPSA) is 58.6 Å². The summed E-state index contributed by atoms with van der Waals surface area (Å²) in [5.41, 5.74) is 1.80. The van der Waals surface area contributed by atoms with E-state index < -0.39 is 0 Å². The summed E-state index contributed by atoms with van der Waals surface area (Å²) < 4.78 is 6.19. The first-order valence-electron chi connectivity index (χ1n) is 7.05. The van der Waals surface area contributed by atoms with Crippen molar-refractivity contribution in [2.45, 2.75) is 6.92 Å². The predicted molar refractivity (Wildman–Crippen MR) is 92.2 cm³/mol. The third-order valence-corrected chi connectivity index (χ3v) is 4.70. The molecule has 1 fully saturated rings. The highest BCUT2D eigenvalue weighted by atomic mass is 79.9. The summed E-state index contributed by atoms with van der Waals surface area (Å²) in [6, 6.07) is 5.70. The summed E-state index contributed by atoms with van der Waals surface area (Å²) in [5.74, 6) is 0.573. The van der Waals surface area contributed by atoms with Gasteiger partial charge in [-0.05, 0) is 30.7 Å². The Morgan fingerprint density at radius 1 is 1.32 bits per heavy atom. The van der Waals surface area contributed by atoms with Crippen LogP contribution in [-0.4, -0.2) is 54.5 Å². The molecule has 7 heteroatoms. The summed E-state index contributed by atoms with van der Waals surface area (Å²) in [5, 5.41) is 2.87. The number of benzene rings is 1. The molecule has 1 aromatic rings. The first-order chi connectivity index (χ1) is 10.6. The van der Waals surface area contributed by atoms with E-state index in [4.69, 9.17) is 4.74 Å². The van der Waals surface area contributed by atoms with Crippen LogP contribution in [-0.2, 0) is 14.3 Å². The number of anilines is 1.